The lowest BCUT2D eigenvalue weighted by Crippen LogP contribution is -2.31. The molecule has 2 aromatic rings. The van der Waals surface area contributed by atoms with Crippen molar-refractivity contribution in [2.45, 2.75) is 32.1 Å². The summed E-state index contributed by atoms with van der Waals surface area (Å²) in [5.41, 5.74) is 0.917. The summed E-state index contributed by atoms with van der Waals surface area (Å²) < 4.78 is 40.6. The van der Waals surface area contributed by atoms with Crippen molar-refractivity contribution >= 4 is 33.2 Å². The van der Waals surface area contributed by atoms with E-state index >= 15 is 0 Å². The van der Waals surface area contributed by atoms with Crippen LogP contribution in [0.3, 0.4) is 0 Å². The molecule has 0 bridgehead atoms. The van der Waals surface area contributed by atoms with Crippen molar-refractivity contribution in [2.24, 2.45) is 0 Å². The Bertz CT molecular complexity index is 1000. The van der Waals surface area contributed by atoms with Gasteiger partial charge in [0.05, 0.1) is 0 Å². The van der Waals surface area contributed by atoms with Gasteiger partial charge in [-0.05, 0) is 36.4 Å². The summed E-state index contributed by atoms with van der Waals surface area (Å²) >= 11 is 0. The summed E-state index contributed by atoms with van der Waals surface area (Å²) in [5.74, 6) is -1.68. The first-order valence-electron chi connectivity index (χ1n) is 9.23. The van der Waals surface area contributed by atoms with E-state index in [9.17, 15) is 22.4 Å². The topological polar surface area (TPSA) is 95.6 Å². The largest absolute Gasteiger partial charge is 0.326 e. The molecule has 0 heterocycles. The average Bonchev–Trinajstić information content (AvgIpc) is 2.69. The van der Waals surface area contributed by atoms with Crippen LogP contribution in [-0.2, 0) is 14.8 Å². The number of sulfonamides is 1. The molecular weight excluding hydrogens is 397 g/mol. The Labute approximate surface area is 170 Å². The lowest BCUT2D eigenvalue weighted by atomic mass is 10.2. The minimum atomic E-state index is -4.05. The molecule has 0 atom stereocenters. The molecule has 0 saturated carbocycles. The summed E-state index contributed by atoms with van der Waals surface area (Å²) in [7, 11) is -4.05. The summed E-state index contributed by atoms with van der Waals surface area (Å²) in [5, 5.41) is 5.31. The van der Waals surface area contributed by atoms with E-state index in [-0.39, 0.29) is 24.6 Å². The number of benzene rings is 2. The summed E-state index contributed by atoms with van der Waals surface area (Å²) in [6.45, 7) is 5.40. The van der Waals surface area contributed by atoms with E-state index in [1.807, 2.05) is 0 Å². The Morgan fingerprint density at radius 2 is 1.59 bits per heavy atom. The van der Waals surface area contributed by atoms with Crippen LogP contribution in [0.1, 0.15) is 37.6 Å². The maximum Gasteiger partial charge on any atom is 0.255 e. The van der Waals surface area contributed by atoms with E-state index in [0.29, 0.717) is 17.8 Å². The van der Waals surface area contributed by atoms with Gasteiger partial charge < -0.3 is 10.6 Å². The molecule has 0 unspecified atom stereocenters. The molecule has 9 heteroatoms. The Morgan fingerprint density at radius 3 is 2.17 bits per heavy atom. The molecule has 0 aliphatic heterocycles. The van der Waals surface area contributed by atoms with E-state index in [2.05, 4.69) is 10.6 Å². The highest BCUT2D eigenvalue weighted by atomic mass is 32.2. The molecule has 2 amide bonds. The van der Waals surface area contributed by atoms with Crippen LogP contribution >= 0.6 is 0 Å². The predicted molar refractivity (Wildman–Crippen MR) is 110 cm³/mol. The third-order valence-electron chi connectivity index (χ3n) is 4.24. The van der Waals surface area contributed by atoms with Crippen molar-refractivity contribution < 1.29 is 22.4 Å². The lowest BCUT2D eigenvalue weighted by Gasteiger charge is -2.19. The van der Waals surface area contributed by atoms with Crippen molar-refractivity contribution in [3.63, 3.8) is 0 Å². The number of anilines is 2. The van der Waals surface area contributed by atoms with Gasteiger partial charge >= 0.3 is 0 Å². The Morgan fingerprint density at radius 1 is 0.966 bits per heavy atom. The summed E-state index contributed by atoms with van der Waals surface area (Å²) in [6.07, 6.45) is 0.315. The monoisotopic (exact) mass is 421 g/mol. The van der Waals surface area contributed by atoms with Crippen LogP contribution in [-0.4, -0.2) is 37.6 Å². The number of nitrogens with one attached hydrogen (secondary N) is 2. The quantitative estimate of drug-likeness (QED) is 0.682. The molecule has 0 fully saturated rings. The van der Waals surface area contributed by atoms with Crippen molar-refractivity contribution in [3.8, 4) is 0 Å². The minimum Gasteiger partial charge on any atom is -0.326 e. The van der Waals surface area contributed by atoms with Crippen LogP contribution in [0.25, 0.3) is 0 Å². The minimum absolute atomic E-state index is 0.000118. The van der Waals surface area contributed by atoms with Gasteiger partial charge in [-0.2, -0.15) is 4.31 Å². The van der Waals surface area contributed by atoms with Crippen LogP contribution in [0.15, 0.2) is 47.4 Å². The SMILES string of the molecule is CCC(=O)Nc1cccc(NC(=O)c2ccc(F)c(S(=O)(=O)N(CC)CC)c2)c1. The number of hydrogen-bond donors (Lipinski definition) is 2. The second kappa shape index (κ2) is 9.62. The summed E-state index contributed by atoms with van der Waals surface area (Å²) in [6, 6.07) is 9.73. The molecule has 29 heavy (non-hydrogen) atoms. The zero-order valence-electron chi connectivity index (χ0n) is 16.5. The van der Waals surface area contributed by atoms with Crippen LogP contribution in [0.5, 0.6) is 0 Å². The Balaban J connectivity index is 2.29. The van der Waals surface area contributed by atoms with Crippen LogP contribution in [0.2, 0.25) is 0 Å². The van der Waals surface area contributed by atoms with Crippen molar-refractivity contribution in [1.29, 1.82) is 0 Å². The van der Waals surface area contributed by atoms with Crippen molar-refractivity contribution in [3.05, 3.63) is 53.8 Å². The number of nitrogens with zero attached hydrogens (tertiary/aromatic N) is 1. The number of halogens is 1. The highest BCUT2D eigenvalue weighted by molar-refractivity contribution is 7.89. The first kappa shape index (κ1) is 22.5. The first-order valence-corrected chi connectivity index (χ1v) is 10.7. The van der Waals surface area contributed by atoms with Gasteiger partial charge in [0.15, 0.2) is 0 Å². The number of carbonyl (C=O) groups excluding carboxylic acids is 2. The normalized spacial score (nSPS) is 11.3. The van der Waals surface area contributed by atoms with Gasteiger partial charge in [-0.15, -0.1) is 0 Å². The maximum atomic E-state index is 14.2. The molecule has 0 spiro atoms. The third-order valence-corrected chi connectivity index (χ3v) is 6.31. The molecule has 7 nitrogen and oxygen atoms in total. The second-order valence-electron chi connectivity index (χ2n) is 6.17. The van der Waals surface area contributed by atoms with Gasteiger partial charge in [0.25, 0.3) is 5.91 Å². The molecule has 2 rings (SSSR count). The smallest absolute Gasteiger partial charge is 0.255 e. The molecule has 156 valence electrons. The van der Waals surface area contributed by atoms with Crippen molar-refractivity contribution in [2.75, 3.05) is 23.7 Å². The fraction of sp³-hybridized carbons (Fsp3) is 0.300. The van der Waals surface area contributed by atoms with E-state index in [1.165, 1.54) is 6.07 Å². The molecule has 0 aliphatic carbocycles. The maximum absolute atomic E-state index is 14.2. The zero-order chi connectivity index (χ0) is 21.6. The Hall–Kier alpha value is -2.78. The van der Waals surface area contributed by atoms with Gasteiger partial charge in [0.1, 0.15) is 10.7 Å². The molecule has 2 N–H and O–H groups in total. The highest BCUT2D eigenvalue weighted by Gasteiger charge is 2.26. The number of amides is 2. The van der Waals surface area contributed by atoms with E-state index in [4.69, 9.17) is 0 Å². The number of carbonyl (C=O) groups is 2. The molecule has 0 saturated heterocycles. The lowest BCUT2D eigenvalue weighted by molar-refractivity contribution is -0.115. The van der Waals surface area contributed by atoms with E-state index < -0.39 is 26.6 Å². The third kappa shape index (κ3) is 5.39. The van der Waals surface area contributed by atoms with Crippen LogP contribution < -0.4 is 10.6 Å². The molecular formula is C20H24FN3O4S. The molecule has 0 radical (unpaired) electrons. The second-order valence-corrected chi connectivity index (χ2v) is 8.08. The van der Waals surface area contributed by atoms with E-state index in [0.717, 1.165) is 16.4 Å². The van der Waals surface area contributed by atoms with Gasteiger partial charge in [-0.3, -0.25) is 9.59 Å². The summed E-state index contributed by atoms with van der Waals surface area (Å²) in [4.78, 5) is 23.5. The molecule has 0 aliphatic rings. The number of hydrogen-bond acceptors (Lipinski definition) is 4. The van der Waals surface area contributed by atoms with Gasteiger partial charge in [0.2, 0.25) is 15.9 Å². The molecule has 0 aromatic heterocycles. The van der Waals surface area contributed by atoms with Crippen LogP contribution in [0.4, 0.5) is 15.8 Å². The standard InChI is InChI=1S/C20H24FN3O4S/c1-4-19(25)22-15-8-7-9-16(13-15)23-20(26)14-10-11-17(21)18(12-14)29(27,28)24(5-2)6-3/h7-13H,4-6H2,1-3H3,(H,22,25)(H,23,26). The fourth-order valence-corrected chi connectivity index (χ4v) is 4.22. The van der Waals surface area contributed by atoms with Crippen LogP contribution in [0, 0.1) is 5.82 Å². The first-order chi connectivity index (χ1) is 13.7. The average molecular weight is 421 g/mol. The zero-order valence-corrected chi connectivity index (χ0v) is 17.3. The molecule has 2 aromatic carbocycles. The predicted octanol–water partition coefficient (Wildman–Crippen LogP) is 3.46. The number of rotatable bonds is 8. The highest BCUT2D eigenvalue weighted by Crippen LogP contribution is 2.22. The Kier molecular flexibility index (Phi) is 7.46. The van der Waals surface area contributed by atoms with Crippen molar-refractivity contribution in [1.82, 2.24) is 4.31 Å². The van der Waals surface area contributed by atoms with Gasteiger partial charge in [-0.25, -0.2) is 12.8 Å². The van der Waals surface area contributed by atoms with Gasteiger partial charge in [0, 0.05) is 36.4 Å². The fourth-order valence-electron chi connectivity index (χ4n) is 2.67. The van der Waals surface area contributed by atoms with E-state index in [1.54, 1.807) is 45.0 Å². The van der Waals surface area contributed by atoms with Gasteiger partial charge in [-0.1, -0.05) is 26.8 Å².